The van der Waals surface area contributed by atoms with Gasteiger partial charge in [-0.15, -0.1) is 0 Å². The molecule has 0 bridgehead atoms. The summed E-state index contributed by atoms with van der Waals surface area (Å²) in [4.78, 5) is 21.3. The third-order valence-corrected chi connectivity index (χ3v) is 4.83. The molecule has 3 rings (SSSR count). The minimum absolute atomic E-state index is 0.250. The first-order valence-corrected chi connectivity index (χ1v) is 9.58. The summed E-state index contributed by atoms with van der Waals surface area (Å²) in [6, 6.07) is 4.56. The van der Waals surface area contributed by atoms with Crippen molar-refractivity contribution >= 4 is 12.9 Å². The molecule has 2 aliphatic rings. The summed E-state index contributed by atoms with van der Waals surface area (Å²) >= 11 is 0. The first-order valence-electron chi connectivity index (χ1n) is 9.58. The smallest absolute Gasteiger partial charge is 0.290 e. The Morgan fingerprint density at radius 2 is 1.77 bits per heavy atom. The normalized spacial score (nSPS) is 22.3. The number of nitrogens with zero attached hydrogens (tertiary/aromatic N) is 2. The zero-order valence-electron chi connectivity index (χ0n) is 17.3. The topological polar surface area (TPSA) is 99.5 Å². The van der Waals surface area contributed by atoms with Crippen LogP contribution in [0.5, 0.6) is 0 Å². The van der Waals surface area contributed by atoms with Gasteiger partial charge in [-0.05, 0) is 31.5 Å². The lowest BCUT2D eigenvalue weighted by atomic mass is 10.0. The fraction of sp³-hybridized carbons (Fsp3) is 0.600. The van der Waals surface area contributed by atoms with Crippen LogP contribution in [0.1, 0.15) is 19.4 Å². The monoisotopic (exact) mass is 432 g/mol. The van der Waals surface area contributed by atoms with Gasteiger partial charge in [-0.1, -0.05) is 6.07 Å². The van der Waals surface area contributed by atoms with Gasteiger partial charge in [0.25, 0.3) is 12.9 Å². The lowest BCUT2D eigenvalue weighted by Gasteiger charge is -2.44. The Morgan fingerprint density at radius 3 is 2.37 bits per heavy atom. The van der Waals surface area contributed by atoms with Crippen LogP contribution < -0.4 is 0 Å². The first kappa shape index (κ1) is 25.9. The van der Waals surface area contributed by atoms with Crippen molar-refractivity contribution in [3.63, 3.8) is 0 Å². The Balaban J connectivity index is 0.000000672. The molecule has 2 heterocycles. The quantitative estimate of drug-likeness (QED) is 0.696. The van der Waals surface area contributed by atoms with Gasteiger partial charge in [0.2, 0.25) is 0 Å². The Kier molecular flexibility index (Phi) is 11.4. The van der Waals surface area contributed by atoms with Gasteiger partial charge in [-0.25, -0.2) is 8.78 Å². The Bertz CT molecular complexity index is 658. The summed E-state index contributed by atoms with van der Waals surface area (Å²) < 4.78 is 38.5. The van der Waals surface area contributed by atoms with Crippen LogP contribution in [0.25, 0.3) is 0 Å². The van der Waals surface area contributed by atoms with E-state index in [2.05, 4.69) is 23.6 Å². The SMILES string of the molecule is CC(C)N1CCOC2(COCCN(Cc3ccc(F)c(F)c3)C2)C1.O=CO.O=CO. The number of halogens is 2. The molecule has 0 radical (unpaired) electrons. The zero-order valence-corrected chi connectivity index (χ0v) is 17.3. The predicted octanol–water partition coefficient (Wildman–Crippen LogP) is 1.68. The highest BCUT2D eigenvalue weighted by Gasteiger charge is 2.40. The van der Waals surface area contributed by atoms with E-state index >= 15 is 0 Å². The van der Waals surface area contributed by atoms with Crippen LogP contribution in [0.4, 0.5) is 8.78 Å². The minimum Gasteiger partial charge on any atom is -0.483 e. The van der Waals surface area contributed by atoms with Crippen molar-refractivity contribution in [1.29, 1.82) is 0 Å². The van der Waals surface area contributed by atoms with Gasteiger partial charge in [0.05, 0.1) is 19.8 Å². The van der Waals surface area contributed by atoms with Crippen LogP contribution in [-0.4, -0.2) is 90.6 Å². The number of hydrogen-bond acceptors (Lipinski definition) is 6. The van der Waals surface area contributed by atoms with Crippen LogP contribution in [0.15, 0.2) is 18.2 Å². The van der Waals surface area contributed by atoms with E-state index < -0.39 is 11.6 Å². The van der Waals surface area contributed by atoms with Crippen molar-refractivity contribution in [3.05, 3.63) is 35.4 Å². The van der Waals surface area contributed by atoms with Gasteiger partial charge < -0.3 is 19.7 Å². The Hall–Kier alpha value is -2.14. The van der Waals surface area contributed by atoms with Crippen LogP contribution >= 0.6 is 0 Å². The number of rotatable bonds is 3. The predicted molar refractivity (Wildman–Crippen MR) is 105 cm³/mol. The molecule has 1 spiro atoms. The molecule has 0 aromatic heterocycles. The van der Waals surface area contributed by atoms with Crippen LogP contribution in [0, 0.1) is 11.6 Å². The number of carbonyl (C=O) groups is 2. The van der Waals surface area contributed by atoms with E-state index in [1.807, 2.05) is 0 Å². The van der Waals surface area contributed by atoms with Crippen LogP contribution in [0.3, 0.4) is 0 Å². The molecule has 2 N–H and O–H groups in total. The minimum atomic E-state index is -0.808. The molecule has 30 heavy (non-hydrogen) atoms. The van der Waals surface area contributed by atoms with E-state index in [9.17, 15) is 8.78 Å². The zero-order chi connectivity index (χ0) is 22.6. The molecule has 2 saturated heterocycles. The summed E-state index contributed by atoms with van der Waals surface area (Å²) in [5.41, 5.74) is 0.417. The molecule has 2 aliphatic heterocycles. The molecule has 10 heteroatoms. The van der Waals surface area contributed by atoms with Crippen molar-refractivity contribution in [2.45, 2.75) is 32.0 Å². The van der Waals surface area contributed by atoms with E-state index in [-0.39, 0.29) is 18.5 Å². The fourth-order valence-corrected chi connectivity index (χ4v) is 3.51. The Morgan fingerprint density at radius 1 is 1.10 bits per heavy atom. The molecule has 0 amide bonds. The van der Waals surface area contributed by atoms with E-state index in [0.717, 1.165) is 31.7 Å². The van der Waals surface area contributed by atoms with E-state index in [1.165, 1.54) is 12.1 Å². The van der Waals surface area contributed by atoms with Crippen molar-refractivity contribution in [3.8, 4) is 0 Å². The van der Waals surface area contributed by atoms with E-state index in [0.29, 0.717) is 32.4 Å². The summed E-state index contributed by atoms with van der Waals surface area (Å²) in [7, 11) is 0. The largest absolute Gasteiger partial charge is 0.483 e. The second kappa shape index (κ2) is 13.2. The molecule has 0 saturated carbocycles. The third-order valence-electron chi connectivity index (χ3n) is 4.83. The highest BCUT2D eigenvalue weighted by molar-refractivity contribution is 5.33. The molecule has 8 nitrogen and oxygen atoms in total. The van der Waals surface area contributed by atoms with Crippen LogP contribution in [0.2, 0.25) is 0 Å². The number of benzene rings is 1. The van der Waals surface area contributed by atoms with E-state index in [1.54, 1.807) is 6.07 Å². The second-order valence-electron chi connectivity index (χ2n) is 7.32. The van der Waals surface area contributed by atoms with Gasteiger partial charge in [0.15, 0.2) is 11.6 Å². The lowest BCUT2D eigenvalue weighted by Crippen LogP contribution is -2.59. The van der Waals surface area contributed by atoms with Gasteiger partial charge in [-0.2, -0.15) is 0 Å². The first-order chi connectivity index (χ1) is 14.3. The fourth-order valence-electron chi connectivity index (χ4n) is 3.51. The standard InChI is InChI=1S/C18H26F2N2O2.2CH2O2/c1-14(2)22-6-8-24-18(12-22)11-21(5-7-23-13-18)10-15-3-4-16(19)17(20)9-15;2*2-1-3/h3-4,9,14H,5-8,10-13H2,1-2H3;2*1H,(H,2,3). The number of morpholine rings is 1. The van der Waals surface area contributed by atoms with Crippen molar-refractivity contribution in [2.75, 3.05) is 46.0 Å². The van der Waals surface area contributed by atoms with Gasteiger partial charge in [-0.3, -0.25) is 19.4 Å². The van der Waals surface area contributed by atoms with Gasteiger partial charge in [0.1, 0.15) is 5.60 Å². The summed E-state index contributed by atoms with van der Waals surface area (Å²) in [6.45, 7) is 9.59. The van der Waals surface area contributed by atoms with Crippen molar-refractivity contribution < 1.29 is 38.1 Å². The molecule has 0 aliphatic carbocycles. The summed E-state index contributed by atoms with van der Waals surface area (Å²) in [5.74, 6) is -1.61. The molecule has 1 unspecified atom stereocenters. The summed E-state index contributed by atoms with van der Waals surface area (Å²) in [5, 5.41) is 13.8. The number of ether oxygens (including phenoxy) is 2. The Labute approximate surface area is 175 Å². The van der Waals surface area contributed by atoms with Gasteiger partial charge in [0, 0.05) is 38.8 Å². The maximum Gasteiger partial charge on any atom is 0.290 e. The maximum absolute atomic E-state index is 13.5. The molecule has 2 fully saturated rings. The lowest BCUT2D eigenvalue weighted by molar-refractivity contribution is -0.147. The van der Waals surface area contributed by atoms with Crippen molar-refractivity contribution in [2.24, 2.45) is 0 Å². The van der Waals surface area contributed by atoms with Crippen molar-refractivity contribution in [1.82, 2.24) is 9.80 Å². The highest BCUT2D eigenvalue weighted by atomic mass is 19.2. The van der Waals surface area contributed by atoms with E-state index in [4.69, 9.17) is 29.3 Å². The number of hydrogen-bond donors (Lipinski definition) is 2. The maximum atomic E-state index is 13.5. The average molecular weight is 432 g/mol. The molecule has 1 atom stereocenters. The summed E-state index contributed by atoms with van der Waals surface area (Å²) in [6.07, 6.45) is 0. The van der Waals surface area contributed by atoms with Crippen LogP contribution in [-0.2, 0) is 25.6 Å². The second-order valence-corrected chi connectivity index (χ2v) is 7.32. The third kappa shape index (κ3) is 8.31. The molecular weight excluding hydrogens is 402 g/mol. The molecular formula is C20H30F2N2O6. The highest BCUT2D eigenvalue weighted by Crippen LogP contribution is 2.25. The van der Waals surface area contributed by atoms with Gasteiger partial charge >= 0.3 is 0 Å². The molecule has 170 valence electrons. The average Bonchev–Trinajstić information content (AvgIpc) is 2.88. The number of carboxylic acid groups (broad SMARTS) is 2. The molecule has 1 aromatic rings. The molecule has 1 aromatic carbocycles.